The van der Waals surface area contributed by atoms with Crippen LogP contribution in [0.5, 0.6) is 0 Å². The third-order valence-corrected chi connectivity index (χ3v) is 3.28. The summed E-state index contributed by atoms with van der Waals surface area (Å²) < 4.78 is 4.97. The summed E-state index contributed by atoms with van der Waals surface area (Å²) >= 11 is 0. The summed E-state index contributed by atoms with van der Waals surface area (Å²) in [7, 11) is 3.81. The van der Waals surface area contributed by atoms with Gasteiger partial charge in [-0.3, -0.25) is 4.99 Å². The van der Waals surface area contributed by atoms with Crippen molar-refractivity contribution < 1.29 is 9.53 Å². The first-order valence-corrected chi connectivity index (χ1v) is 8.29. The molecule has 0 aromatic rings. The minimum atomic E-state index is -0.357. The van der Waals surface area contributed by atoms with Crippen LogP contribution in [0.15, 0.2) is 4.99 Å². The first kappa shape index (κ1) is 20.5. The van der Waals surface area contributed by atoms with Crippen molar-refractivity contribution in [3.05, 3.63) is 0 Å². The maximum Gasteiger partial charge on any atom is 0.407 e. The number of carbonyl (C=O) groups excluding carboxylic acids is 1. The summed E-state index contributed by atoms with van der Waals surface area (Å²) in [5, 5.41) is 6.25. The van der Waals surface area contributed by atoms with Crippen molar-refractivity contribution in [2.45, 2.75) is 53.0 Å². The van der Waals surface area contributed by atoms with Gasteiger partial charge in [-0.2, -0.15) is 0 Å². The van der Waals surface area contributed by atoms with Crippen molar-refractivity contribution in [1.29, 1.82) is 0 Å². The third kappa shape index (κ3) is 9.47. The number of nitrogens with one attached hydrogen (secondary N) is 2. The van der Waals surface area contributed by atoms with E-state index >= 15 is 0 Å². The van der Waals surface area contributed by atoms with E-state index < -0.39 is 0 Å². The van der Waals surface area contributed by atoms with Crippen LogP contribution >= 0.6 is 0 Å². The highest BCUT2D eigenvalue weighted by Crippen LogP contribution is 2.05. The lowest BCUT2D eigenvalue weighted by Crippen LogP contribution is -2.48. The summed E-state index contributed by atoms with van der Waals surface area (Å²) in [4.78, 5) is 18.0. The van der Waals surface area contributed by atoms with E-state index in [1.54, 1.807) is 14.0 Å². The zero-order chi connectivity index (χ0) is 17.0. The van der Waals surface area contributed by atoms with Crippen molar-refractivity contribution in [3.63, 3.8) is 0 Å². The Bertz CT molecular complexity index is 332. The highest BCUT2D eigenvalue weighted by molar-refractivity contribution is 5.79. The Morgan fingerprint density at radius 3 is 2.50 bits per heavy atom. The van der Waals surface area contributed by atoms with Crippen molar-refractivity contribution in [2.24, 2.45) is 10.9 Å². The number of alkyl carbamates (subject to hydrolysis) is 1. The molecular formula is C16H34N4O2. The average Bonchev–Trinajstić information content (AvgIpc) is 2.45. The van der Waals surface area contributed by atoms with Gasteiger partial charge >= 0.3 is 6.09 Å². The molecule has 0 spiro atoms. The van der Waals surface area contributed by atoms with Gasteiger partial charge in [0.15, 0.2) is 5.96 Å². The number of guanidine groups is 1. The van der Waals surface area contributed by atoms with Crippen LogP contribution in [0, 0.1) is 5.92 Å². The van der Waals surface area contributed by atoms with Gasteiger partial charge in [-0.15, -0.1) is 0 Å². The lowest BCUT2D eigenvalue weighted by atomic mass is 10.0. The quantitative estimate of drug-likeness (QED) is 0.507. The SMILES string of the molecule is CCCCN(C)C(=NC)NCC(CC(C)C)NC(=O)OCC. The van der Waals surface area contributed by atoms with Crippen molar-refractivity contribution in [1.82, 2.24) is 15.5 Å². The largest absolute Gasteiger partial charge is 0.450 e. The molecule has 0 fully saturated rings. The molecule has 1 amide bonds. The minimum Gasteiger partial charge on any atom is -0.450 e. The minimum absolute atomic E-state index is 0.0235. The Morgan fingerprint density at radius 1 is 1.32 bits per heavy atom. The maximum absolute atomic E-state index is 11.6. The fourth-order valence-corrected chi connectivity index (χ4v) is 2.20. The Balaban J connectivity index is 4.48. The molecule has 130 valence electrons. The zero-order valence-electron chi connectivity index (χ0n) is 15.1. The molecule has 1 atom stereocenters. The maximum atomic E-state index is 11.6. The van der Waals surface area contributed by atoms with Gasteiger partial charge in [0, 0.05) is 33.2 Å². The van der Waals surface area contributed by atoms with Gasteiger partial charge in [-0.05, 0) is 25.7 Å². The summed E-state index contributed by atoms with van der Waals surface area (Å²) in [6, 6.07) is 0.0235. The molecule has 0 aliphatic rings. The standard InChI is InChI=1S/C16H34N4O2/c1-7-9-10-20(6)15(17-5)18-12-14(11-13(3)4)19-16(21)22-8-2/h13-14H,7-12H2,1-6H3,(H,17,18)(H,19,21). The second kappa shape index (κ2) is 12.1. The number of aliphatic imine (C=N–C) groups is 1. The van der Waals surface area contributed by atoms with Crippen LogP contribution < -0.4 is 10.6 Å². The number of carbonyl (C=O) groups is 1. The molecule has 0 bridgehead atoms. The van der Waals surface area contributed by atoms with E-state index in [0.717, 1.165) is 31.8 Å². The number of amides is 1. The summed E-state index contributed by atoms with van der Waals surface area (Å²) in [6.07, 6.45) is 2.82. The molecule has 0 aromatic carbocycles. The smallest absolute Gasteiger partial charge is 0.407 e. The molecule has 0 saturated heterocycles. The van der Waals surface area contributed by atoms with Crippen molar-refractivity contribution in [2.75, 3.05) is 33.8 Å². The lowest BCUT2D eigenvalue weighted by Gasteiger charge is -2.25. The average molecular weight is 314 g/mol. The van der Waals surface area contributed by atoms with Gasteiger partial charge in [-0.25, -0.2) is 4.79 Å². The third-order valence-electron chi connectivity index (χ3n) is 3.28. The Hall–Kier alpha value is -1.46. The molecule has 0 rings (SSSR count). The fraction of sp³-hybridized carbons (Fsp3) is 0.875. The predicted octanol–water partition coefficient (Wildman–Crippen LogP) is 2.45. The molecule has 22 heavy (non-hydrogen) atoms. The van der Waals surface area contributed by atoms with Crippen LogP contribution in [0.2, 0.25) is 0 Å². The highest BCUT2D eigenvalue weighted by Gasteiger charge is 2.16. The van der Waals surface area contributed by atoms with E-state index in [-0.39, 0.29) is 12.1 Å². The van der Waals surface area contributed by atoms with E-state index in [2.05, 4.69) is 41.3 Å². The first-order valence-electron chi connectivity index (χ1n) is 8.29. The first-order chi connectivity index (χ1) is 10.4. The van der Waals surface area contributed by atoms with E-state index in [4.69, 9.17) is 4.74 Å². The van der Waals surface area contributed by atoms with Gasteiger partial charge in [0.2, 0.25) is 0 Å². The Morgan fingerprint density at radius 2 is 2.00 bits per heavy atom. The fourth-order valence-electron chi connectivity index (χ4n) is 2.20. The molecule has 2 N–H and O–H groups in total. The van der Waals surface area contributed by atoms with Gasteiger partial charge in [-0.1, -0.05) is 27.2 Å². The second-order valence-corrected chi connectivity index (χ2v) is 5.89. The molecule has 1 unspecified atom stereocenters. The lowest BCUT2D eigenvalue weighted by molar-refractivity contribution is 0.146. The number of hydrogen-bond acceptors (Lipinski definition) is 3. The number of hydrogen-bond donors (Lipinski definition) is 2. The topological polar surface area (TPSA) is 66.0 Å². The van der Waals surface area contributed by atoms with E-state index in [1.807, 2.05) is 7.05 Å². The molecule has 6 nitrogen and oxygen atoms in total. The summed E-state index contributed by atoms with van der Waals surface area (Å²) in [5.74, 6) is 1.35. The van der Waals surface area contributed by atoms with Gasteiger partial charge in [0.05, 0.1) is 6.61 Å². The molecule has 0 radical (unpaired) electrons. The summed E-state index contributed by atoms with van der Waals surface area (Å²) in [6.45, 7) is 10.3. The van der Waals surface area contributed by atoms with Crippen LogP contribution in [0.25, 0.3) is 0 Å². The molecule has 6 heteroatoms. The van der Waals surface area contributed by atoms with Crippen molar-refractivity contribution in [3.8, 4) is 0 Å². The normalized spacial score (nSPS) is 13.0. The van der Waals surface area contributed by atoms with Crippen LogP contribution in [0.3, 0.4) is 0 Å². The van der Waals surface area contributed by atoms with Crippen LogP contribution in [0.1, 0.15) is 47.0 Å². The van der Waals surface area contributed by atoms with Gasteiger partial charge in [0.25, 0.3) is 0 Å². The number of ether oxygens (including phenoxy) is 1. The molecule has 0 aromatic heterocycles. The van der Waals surface area contributed by atoms with E-state index in [9.17, 15) is 4.79 Å². The van der Waals surface area contributed by atoms with Crippen molar-refractivity contribution >= 4 is 12.1 Å². The Labute approximate surface area is 135 Å². The van der Waals surface area contributed by atoms with Crippen LogP contribution in [-0.2, 0) is 4.74 Å². The van der Waals surface area contributed by atoms with Crippen LogP contribution in [0.4, 0.5) is 4.79 Å². The predicted molar refractivity (Wildman–Crippen MR) is 92.3 cm³/mol. The zero-order valence-corrected chi connectivity index (χ0v) is 15.1. The van der Waals surface area contributed by atoms with Gasteiger partial charge in [0.1, 0.15) is 0 Å². The number of unbranched alkanes of at least 4 members (excludes halogenated alkanes) is 1. The Kier molecular flexibility index (Phi) is 11.3. The second-order valence-electron chi connectivity index (χ2n) is 5.89. The molecular weight excluding hydrogens is 280 g/mol. The molecule has 0 heterocycles. The molecule has 0 aliphatic carbocycles. The monoisotopic (exact) mass is 314 g/mol. The van der Waals surface area contributed by atoms with Crippen LogP contribution in [-0.4, -0.2) is 56.8 Å². The number of nitrogens with zero attached hydrogens (tertiary/aromatic N) is 2. The molecule has 0 aliphatic heterocycles. The van der Waals surface area contributed by atoms with E-state index in [0.29, 0.717) is 19.1 Å². The number of rotatable bonds is 9. The van der Waals surface area contributed by atoms with E-state index in [1.165, 1.54) is 0 Å². The highest BCUT2D eigenvalue weighted by atomic mass is 16.5. The van der Waals surface area contributed by atoms with Gasteiger partial charge < -0.3 is 20.3 Å². The summed E-state index contributed by atoms with van der Waals surface area (Å²) in [5.41, 5.74) is 0. The molecule has 0 saturated carbocycles.